The minimum absolute atomic E-state index is 0.861. The SMILES string of the molecule is COc1c(C)c(C)cc(C)c1CCS. The van der Waals surface area contributed by atoms with E-state index in [0.29, 0.717) is 0 Å². The maximum Gasteiger partial charge on any atom is 0.125 e. The van der Waals surface area contributed by atoms with Crippen molar-refractivity contribution in [2.24, 2.45) is 0 Å². The van der Waals surface area contributed by atoms with Crippen LogP contribution in [0.5, 0.6) is 5.75 Å². The molecule has 1 nitrogen and oxygen atoms in total. The molecule has 0 unspecified atom stereocenters. The first-order chi connectivity index (χ1) is 6.61. The lowest BCUT2D eigenvalue weighted by Gasteiger charge is -2.15. The molecule has 0 heterocycles. The molecule has 78 valence electrons. The summed E-state index contributed by atoms with van der Waals surface area (Å²) in [7, 11) is 1.74. The van der Waals surface area contributed by atoms with E-state index in [1.165, 1.54) is 22.3 Å². The van der Waals surface area contributed by atoms with Gasteiger partial charge in [-0.25, -0.2) is 0 Å². The second kappa shape index (κ2) is 4.74. The minimum Gasteiger partial charge on any atom is -0.496 e. The van der Waals surface area contributed by atoms with E-state index in [9.17, 15) is 0 Å². The fraction of sp³-hybridized carbons (Fsp3) is 0.500. The summed E-state index contributed by atoms with van der Waals surface area (Å²) in [5.41, 5.74) is 5.14. The van der Waals surface area contributed by atoms with Gasteiger partial charge in [0.05, 0.1) is 7.11 Å². The number of thiol groups is 1. The van der Waals surface area contributed by atoms with Gasteiger partial charge in [-0.3, -0.25) is 0 Å². The Labute approximate surface area is 91.9 Å². The zero-order valence-corrected chi connectivity index (χ0v) is 10.2. The molecule has 14 heavy (non-hydrogen) atoms. The third-order valence-corrected chi connectivity index (χ3v) is 2.90. The highest BCUT2D eigenvalue weighted by Gasteiger charge is 2.10. The van der Waals surface area contributed by atoms with Crippen LogP contribution < -0.4 is 4.74 Å². The topological polar surface area (TPSA) is 9.23 Å². The number of rotatable bonds is 3. The zero-order valence-electron chi connectivity index (χ0n) is 9.35. The maximum atomic E-state index is 5.46. The Morgan fingerprint density at radius 1 is 1.21 bits per heavy atom. The van der Waals surface area contributed by atoms with E-state index in [4.69, 9.17) is 4.74 Å². The van der Waals surface area contributed by atoms with Gasteiger partial charge in [0, 0.05) is 0 Å². The van der Waals surface area contributed by atoms with Gasteiger partial charge in [-0.2, -0.15) is 12.6 Å². The predicted molar refractivity (Wildman–Crippen MR) is 64.8 cm³/mol. The molecule has 0 saturated carbocycles. The Morgan fingerprint density at radius 2 is 1.86 bits per heavy atom. The van der Waals surface area contributed by atoms with Gasteiger partial charge in [-0.05, 0) is 55.2 Å². The van der Waals surface area contributed by atoms with Gasteiger partial charge in [0.1, 0.15) is 5.75 Å². The van der Waals surface area contributed by atoms with Crippen molar-refractivity contribution in [2.45, 2.75) is 27.2 Å². The van der Waals surface area contributed by atoms with Gasteiger partial charge in [0.2, 0.25) is 0 Å². The van der Waals surface area contributed by atoms with Gasteiger partial charge >= 0.3 is 0 Å². The van der Waals surface area contributed by atoms with Crippen LogP contribution in [-0.4, -0.2) is 12.9 Å². The van der Waals surface area contributed by atoms with E-state index < -0.39 is 0 Å². The van der Waals surface area contributed by atoms with Crippen molar-refractivity contribution in [1.29, 1.82) is 0 Å². The predicted octanol–water partition coefficient (Wildman–Crippen LogP) is 3.09. The molecule has 0 atom stereocenters. The van der Waals surface area contributed by atoms with Crippen molar-refractivity contribution in [2.75, 3.05) is 12.9 Å². The molecule has 0 N–H and O–H groups in total. The Balaban J connectivity index is 3.31. The standard InChI is InChI=1S/C12H18OS/c1-8-7-9(2)11(5-6-14)12(13-4)10(8)3/h7,14H,5-6H2,1-4H3. The molecule has 0 amide bonds. The quantitative estimate of drug-likeness (QED) is 0.754. The Kier molecular flexibility index (Phi) is 3.87. The number of aryl methyl sites for hydroxylation is 2. The van der Waals surface area contributed by atoms with Gasteiger partial charge < -0.3 is 4.74 Å². The van der Waals surface area contributed by atoms with Crippen LogP contribution in [0.15, 0.2) is 6.07 Å². The molecule has 0 aliphatic carbocycles. The average Bonchev–Trinajstić information content (AvgIpc) is 2.15. The second-order valence-electron chi connectivity index (χ2n) is 3.62. The van der Waals surface area contributed by atoms with Crippen molar-refractivity contribution in [3.8, 4) is 5.75 Å². The van der Waals surface area contributed by atoms with Crippen LogP contribution in [0.3, 0.4) is 0 Å². The largest absolute Gasteiger partial charge is 0.496 e. The average molecular weight is 210 g/mol. The Morgan fingerprint density at radius 3 is 2.36 bits per heavy atom. The summed E-state index contributed by atoms with van der Waals surface area (Å²) in [6, 6.07) is 2.22. The van der Waals surface area contributed by atoms with Crippen molar-refractivity contribution in [3.05, 3.63) is 28.3 Å². The van der Waals surface area contributed by atoms with Crippen molar-refractivity contribution in [1.82, 2.24) is 0 Å². The highest BCUT2D eigenvalue weighted by atomic mass is 32.1. The lowest BCUT2D eigenvalue weighted by molar-refractivity contribution is 0.406. The molecule has 0 fully saturated rings. The number of ether oxygens (including phenoxy) is 1. The van der Waals surface area contributed by atoms with Crippen LogP contribution in [-0.2, 0) is 6.42 Å². The minimum atomic E-state index is 0.861. The fourth-order valence-corrected chi connectivity index (χ4v) is 2.03. The van der Waals surface area contributed by atoms with Crippen LogP contribution >= 0.6 is 12.6 Å². The Bertz CT molecular complexity index is 332. The smallest absolute Gasteiger partial charge is 0.125 e. The molecule has 0 spiro atoms. The van der Waals surface area contributed by atoms with Crippen LogP contribution in [0.2, 0.25) is 0 Å². The molecule has 1 aromatic carbocycles. The lowest BCUT2D eigenvalue weighted by atomic mass is 9.97. The van der Waals surface area contributed by atoms with E-state index in [2.05, 4.69) is 39.5 Å². The number of hydrogen-bond donors (Lipinski definition) is 1. The van der Waals surface area contributed by atoms with E-state index in [-0.39, 0.29) is 0 Å². The summed E-state index contributed by atoms with van der Waals surface area (Å²) in [4.78, 5) is 0. The molecule has 0 aromatic heterocycles. The monoisotopic (exact) mass is 210 g/mol. The summed E-state index contributed by atoms with van der Waals surface area (Å²) in [6.07, 6.45) is 0.971. The molecular formula is C12H18OS. The first kappa shape index (κ1) is 11.4. The number of hydrogen-bond acceptors (Lipinski definition) is 2. The molecule has 1 rings (SSSR count). The molecule has 2 heteroatoms. The summed E-state index contributed by atoms with van der Waals surface area (Å²) in [6.45, 7) is 6.36. The normalized spacial score (nSPS) is 10.4. The van der Waals surface area contributed by atoms with E-state index in [0.717, 1.165) is 17.9 Å². The summed E-state index contributed by atoms with van der Waals surface area (Å²) < 4.78 is 5.46. The molecule has 0 aliphatic rings. The molecule has 0 saturated heterocycles. The van der Waals surface area contributed by atoms with Crippen LogP contribution in [0.1, 0.15) is 22.3 Å². The second-order valence-corrected chi connectivity index (χ2v) is 4.07. The third-order valence-electron chi connectivity index (χ3n) is 2.68. The van der Waals surface area contributed by atoms with Crippen LogP contribution in [0.4, 0.5) is 0 Å². The summed E-state index contributed by atoms with van der Waals surface area (Å²) in [5, 5.41) is 0. The lowest BCUT2D eigenvalue weighted by Crippen LogP contribution is -2.00. The third kappa shape index (κ3) is 2.06. The van der Waals surface area contributed by atoms with Crippen molar-refractivity contribution >= 4 is 12.6 Å². The number of methoxy groups -OCH3 is 1. The first-order valence-electron chi connectivity index (χ1n) is 4.86. The molecular weight excluding hydrogens is 192 g/mol. The van der Waals surface area contributed by atoms with E-state index >= 15 is 0 Å². The zero-order chi connectivity index (χ0) is 10.7. The highest BCUT2D eigenvalue weighted by molar-refractivity contribution is 7.80. The molecule has 0 aliphatic heterocycles. The maximum absolute atomic E-state index is 5.46. The molecule has 0 radical (unpaired) electrons. The van der Waals surface area contributed by atoms with Gasteiger partial charge in [-0.1, -0.05) is 6.07 Å². The number of benzene rings is 1. The van der Waals surface area contributed by atoms with E-state index in [1.807, 2.05) is 0 Å². The summed E-state index contributed by atoms with van der Waals surface area (Å²) in [5.74, 6) is 1.90. The first-order valence-corrected chi connectivity index (χ1v) is 5.49. The van der Waals surface area contributed by atoms with E-state index in [1.54, 1.807) is 7.11 Å². The molecule has 0 bridgehead atoms. The Hall–Kier alpha value is -0.630. The fourth-order valence-electron chi connectivity index (χ4n) is 1.80. The summed E-state index contributed by atoms with van der Waals surface area (Å²) >= 11 is 4.27. The van der Waals surface area contributed by atoms with Gasteiger partial charge in [0.25, 0.3) is 0 Å². The van der Waals surface area contributed by atoms with Gasteiger partial charge in [0.15, 0.2) is 0 Å². The van der Waals surface area contributed by atoms with Crippen LogP contribution in [0, 0.1) is 20.8 Å². The van der Waals surface area contributed by atoms with Crippen molar-refractivity contribution in [3.63, 3.8) is 0 Å². The van der Waals surface area contributed by atoms with Crippen LogP contribution in [0.25, 0.3) is 0 Å². The highest BCUT2D eigenvalue weighted by Crippen LogP contribution is 2.29. The van der Waals surface area contributed by atoms with Crippen molar-refractivity contribution < 1.29 is 4.74 Å². The molecule has 1 aromatic rings. The van der Waals surface area contributed by atoms with Gasteiger partial charge in [-0.15, -0.1) is 0 Å².